The summed E-state index contributed by atoms with van der Waals surface area (Å²) in [5, 5.41) is 7.75. The second kappa shape index (κ2) is 10.1. The molecule has 1 amide bonds. The van der Waals surface area contributed by atoms with Crippen molar-refractivity contribution in [2.75, 3.05) is 39.5 Å². The summed E-state index contributed by atoms with van der Waals surface area (Å²) in [4.78, 5) is 18.0. The fraction of sp³-hybridized carbons (Fsp3) is 0.882. The Morgan fingerprint density at radius 1 is 1.38 bits per heavy atom. The molecular weight excluding hydrogens is 322 g/mol. The molecule has 138 valence electrons. The number of piperidine rings is 1. The molecule has 0 aromatic carbocycles. The molecule has 6 nitrogen and oxygen atoms in total. The second-order valence-corrected chi connectivity index (χ2v) is 8.04. The van der Waals surface area contributed by atoms with E-state index in [0.29, 0.717) is 6.04 Å². The van der Waals surface area contributed by atoms with Crippen LogP contribution in [0.4, 0.5) is 0 Å². The molecule has 2 fully saturated rings. The van der Waals surface area contributed by atoms with Gasteiger partial charge >= 0.3 is 0 Å². The predicted molar refractivity (Wildman–Crippen MR) is 102 cm³/mol. The topological polar surface area (TPSA) is 82.8 Å². The molecule has 1 aliphatic heterocycles. The van der Waals surface area contributed by atoms with Gasteiger partial charge in [0.05, 0.1) is 5.92 Å². The molecule has 1 saturated carbocycles. The highest BCUT2D eigenvalue weighted by Gasteiger charge is 2.25. The average Bonchev–Trinajstić information content (AvgIpc) is 3.05. The van der Waals surface area contributed by atoms with E-state index in [0.717, 1.165) is 56.7 Å². The largest absolute Gasteiger partial charge is 0.369 e. The fourth-order valence-electron chi connectivity index (χ4n) is 3.67. The highest BCUT2D eigenvalue weighted by molar-refractivity contribution is 7.99. The Bertz CT molecular complexity index is 431. The normalized spacial score (nSPS) is 28.8. The lowest BCUT2D eigenvalue weighted by molar-refractivity contribution is -0.123. The summed E-state index contributed by atoms with van der Waals surface area (Å²) in [5.74, 6) is 0.797. The summed E-state index contributed by atoms with van der Waals surface area (Å²) in [5.41, 5.74) is 5.44. The van der Waals surface area contributed by atoms with Crippen molar-refractivity contribution in [2.24, 2.45) is 16.6 Å². The third-order valence-corrected chi connectivity index (χ3v) is 6.23. The quantitative estimate of drug-likeness (QED) is 0.361. The Kier molecular flexibility index (Phi) is 8.18. The van der Waals surface area contributed by atoms with Crippen molar-refractivity contribution in [3.8, 4) is 0 Å². The van der Waals surface area contributed by atoms with Crippen LogP contribution in [0.2, 0.25) is 0 Å². The number of carbonyl (C=O) groups excluding carboxylic acids is 1. The number of thioether (sulfide) groups is 1. The zero-order valence-corrected chi connectivity index (χ0v) is 15.9. The van der Waals surface area contributed by atoms with Crippen LogP contribution in [-0.4, -0.2) is 67.5 Å². The van der Waals surface area contributed by atoms with E-state index in [9.17, 15) is 4.79 Å². The van der Waals surface area contributed by atoms with Gasteiger partial charge in [-0.2, -0.15) is 11.8 Å². The van der Waals surface area contributed by atoms with E-state index in [1.165, 1.54) is 19.3 Å². The first-order chi connectivity index (χ1) is 11.6. The van der Waals surface area contributed by atoms with Crippen LogP contribution in [0.1, 0.15) is 38.5 Å². The van der Waals surface area contributed by atoms with Crippen LogP contribution in [0, 0.1) is 5.92 Å². The minimum atomic E-state index is -0.150. The number of primary amides is 1. The van der Waals surface area contributed by atoms with Gasteiger partial charge in [-0.25, -0.2) is 0 Å². The third kappa shape index (κ3) is 6.16. The SMILES string of the molecule is CN=C(NCCCN1CCCC(C(N)=O)C1)NC1CCC(SC)C1. The summed E-state index contributed by atoms with van der Waals surface area (Å²) in [7, 11) is 1.83. The molecule has 4 N–H and O–H groups in total. The van der Waals surface area contributed by atoms with Gasteiger partial charge in [-0.15, -0.1) is 0 Å². The smallest absolute Gasteiger partial charge is 0.221 e. The second-order valence-electron chi connectivity index (χ2n) is 6.91. The molecule has 1 aliphatic carbocycles. The van der Waals surface area contributed by atoms with Crippen LogP contribution in [0.5, 0.6) is 0 Å². The van der Waals surface area contributed by atoms with E-state index >= 15 is 0 Å². The number of nitrogens with two attached hydrogens (primary N) is 1. The van der Waals surface area contributed by atoms with Gasteiger partial charge in [-0.05, 0) is 57.9 Å². The molecule has 1 saturated heterocycles. The monoisotopic (exact) mass is 355 g/mol. The van der Waals surface area contributed by atoms with Crippen LogP contribution in [-0.2, 0) is 4.79 Å². The molecule has 0 aromatic rings. The van der Waals surface area contributed by atoms with Gasteiger partial charge in [0.15, 0.2) is 5.96 Å². The number of aliphatic imine (C=N–C) groups is 1. The number of nitrogens with one attached hydrogen (secondary N) is 2. The highest BCUT2D eigenvalue weighted by Crippen LogP contribution is 2.27. The maximum absolute atomic E-state index is 11.3. The molecule has 3 unspecified atom stereocenters. The molecule has 7 heteroatoms. The van der Waals surface area contributed by atoms with E-state index in [4.69, 9.17) is 5.73 Å². The van der Waals surface area contributed by atoms with E-state index in [-0.39, 0.29) is 11.8 Å². The van der Waals surface area contributed by atoms with Crippen LogP contribution < -0.4 is 16.4 Å². The van der Waals surface area contributed by atoms with Gasteiger partial charge in [-0.3, -0.25) is 9.79 Å². The van der Waals surface area contributed by atoms with Gasteiger partial charge < -0.3 is 21.3 Å². The first-order valence-corrected chi connectivity index (χ1v) is 10.4. The van der Waals surface area contributed by atoms with Crippen LogP contribution in [0.25, 0.3) is 0 Å². The Morgan fingerprint density at radius 2 is 2.21 bits per heavy atom. The number of hydrogen-bond donors (Lipinski definition) is 3. The lowest BCUT2D eigenvalue weighted by Gasteiger charge is -2.31. The van der Waals surface area contributed by atoms with E-state index < -0.39 is 0 Å². The molecule has 2 rings (SSSR count). The fourth-order valence-corrected chi connectivity index (χ4v) is 4.47. The van der Waals surface area contributed by atoms with Crippen molar-refractivity contribution in [2.45, 2.75) is 49.8 Å². The predicted octanol–water partition coefficient (Wildman–Crippen LogP) is 1.02. The maximum Gasteiger partial charge on any atom is 0.221 e. The Labute approximate surface area is 150 Å². The molecule has 0 bridgehead atoms. The van der Waals surface area contributed by atoms with Crippen LogP contribution >= 0.6 is 11.8 Å². The summed E-state index contributed by atoms with van der Waals surface area (Å²) in [6, 6.07) is 0.548. The van der Waals surface area contributed by atoms with E-state index in [1.54, 1.807) is 0 Å². The zero-order chi connectivity index (χ0) is 17.4. The maximum atomic E-state index is 11.3. The van der Waals surface area contributed by atoms with Crippen molar-refractivity contribution in [1.82, 2.24) is 15.5 Å². The molecule has 0 radical (unpaired) electrons. The summed E-state index contributed by atoms with van der Waals surface area (Å²) in [6.07, 6.45) is 9.01. The van der Waals surface area contributed by atoms with Crippen molar-refractivity contribution >= 4 is 23.6 Å². The average molecular weight is 356 g/mol. The van der Waals surface area contributed by atoms with Crippen molar-refractivity contribution in [3.05, 3.63) is 0 Å². The summed E-state index contributed by atoms with van der Waals surface area (Å²) >= 11 is 1.97. The number of hydrogen-bond acceptors (Lipinski definition) is 4. The van der Waals surface area contributed by atoms with E-state index in [1.807, 2.05) is 18.8 Å². The number of amides is 1. The Hall–Kier alpha value is -0.950. The molecule has 2 aliphatic rings. The first kappa shape index (κ1) is 19.4. The number of likely N-dealkylation sites (tertiary alicyclic amines) is 1. The van der Waals surface area contributed by atoms with Crippen molar-refractivity contribution in [3.63, 3.8) is 0 Å². The van der Waals surface area contributed by atoms with Crippen molar-refractivity contribution in [1.29, 1.82) is 0 Å². The van der Waals surface area contributed by atoms with Crippen molar-refractivity contribution < 1.29 is 4.79 Å². The van der Waals surface area contributed by atoms with Gasteiger partial charge in [-0.1, -0.05) is 0 Å². The van der Waals surface area contributed by atoms with Gasteiger partial charge in [0.1, 0.15) is 0 Å². The molecule has 0 spiro atoms. The number of guanidine groups is 1. The minimum Gasteiger partial charge on any atom is -0.369 e. The summed E-state index contributed by atoms with van der Waals surface area (Å²) < 4.78 is 0. The van der Waals surface area contributed by atoms with E-state index in [2.05, 4.69) is 26.8 Å². The summed E-state index contributed by atoms with van der Waals surface area (Å²) in [6.45, 7) is 3.80. The van der Waals surface area contributed by atoms with Gasteiger partial charge in [0.25, 0.3) is 0 Å². The highest BCUT2D eigenvalue weighted by atomic mass is 32.2. The molecular formula is C17H33N5OS. The molecule has 24 heavy (non-hydrogen) atoms. The number of rotatable bonds is 7. The Balaban J connectivity index is 1.61. The Morgan fingerprint density at radius 3 is 2.88 bits per heavy atom. The van der Waals surface area contributed by atoms with Crippen LogP contribution in [0.3, 0.4) is 0 Å². The zero-order valence-electron chi connectivity index (χ0n) is 15.1. The third-order valence-electron chi connectivity index (χ3n) is 5.13. The van der Waals surface area contributed by atoms with Gasteiger partial charge in [0.2, 0.25) is 5.91 Å². The number of nitrogens with zero attached hydrogens (tertiary/aromatic N) is 2. The molecule has 0 aromatic heterocycles. The number of carbonyl (C=O) groups is 1. The minimum absolute atomic E-state index is 0.0351. The molecule has 3 atom stereocenters. The first-order valence-electron chi connectivity index (χ1n) is 9.14. The lowest BCUT2D eigenvalue weighted by atomic mass is 9.97. The lowest BCUT2D eigenvalue weighted by Crippen LogP contribution is -2.44. The molecule has 1 heterocycles. The van der Waals surface area contributed by atoms with Gasteiger partial charge in [0, 0.05) is 31.4 Å². The van der Waals surface area contributed by atoms with Crippen LogP contribution in [0.15, 0.2) is 4.99 Å². The standard InChI is InChI=1S/C17H33N5OS/c1-19-17(21-14-6-7-15(11-14)24-2)20-8-4-10-22-9-3-5-13(12-22)16(18)23/h13-15H,3-12H2,1-2H3,(H2,18,23)(H2,19,20,21).